The predicted octanol–water partition coefficient (Wildman–Crippen LogP) is 4.29. The van der Waals surface area contributed by atoms with Crippen LogP contribution >= 0.6 is 0 Å². The van der Waals surface area contributed by atoms with Crippen molar-refractivity contribution in [3.8, 4) is 0 Å². The molecule has 3 aromatic rings. The van der Waals surface area contributed by atoms with E-state index in [9.17, 15) is 4.79 Å². The monoisotopic (exact) mass is 464 g/mol. The van der Waals surface area contributed by atoms with E-state index in [0.29, 0.717) is 19.1 Å². The number of aryl methyl sites for hydroxylation is 1. The number of pyridine rings is 1. The van der Waals surface area contributed by atoms with Gasteiger partial charge >= 0.3 is 0 Å². The third-order valence-corrected chi connectivity index (χ3v) is 7.52. The maximum absolute atomic E-state index is 13.1. The Morgan fingerprint density at radius 2 is 2.03 bits per heavy atom. The van der Waals surface area contributed by atoms with Gasteiger partial charge in [0.2, 0.25) is 0 Å². The highest BCUT2D eigenvalue weighted by Crippen LogP contribution is 2.33. The molecule has 1 aliphatic heterocycles. The Balaban J connectivity index is 1.48. The van der Waals surface area contributed by atoms with E-state index in [-0.39, 0.29) is 17.7 Å². The second-order valence-electron chi connectivity index (χ2n) is 9.96. The van der Waals surface area contributed by atoms with Gasteiger partial charge in [-0.1, -0.05) is 38.3 Å². The zero-order chi connectivity index (χ0) is 23.5. The number of H-pyrrole nitrogens is 1. The lowest BCUT2D eigenvalue weighted by Crippen LogP contribution is -2.41. The smallest absolute Gasteiger partial charge is 0.252 e. The number of ether oxygens (including phenoxy) is 1. The summed E-state index contributed by atoms with van der Waals surface area (Å²) in [5.74, 6) is 0.886. The second kappa shape index (κ2) is 10.4. The van der Waals surface area contributed by atoms with E-state index in [4.69, 9.17) is 4.74 Å². The summed E-state index contributed by atoms with van der Waals surface area (Å²) in [6.45, 7) is 6.34. The SMILES string of the molecule is CC[C@H](c1nnnn1C[C@H]1CCCO1)N(Cc1cc2ccc(C)cc2[nH]c1=O)C1CCCCC1. The molecule has 1 aromatic carbocycles. The lowest BCUT2D eigenvalue weighted by atomic mass is 9.92. The fraction of sp³-hybridized carbons (Fsp3) is 0.615. The van der Waals surface area contributed by atoms with Gasteiger partial charge in [0, 0.05) is 30.3 Å². The highest BCUT2D eigenvalue weighted by atomic mass is 16.5. The van der Waals surface area contributed by atoms with Gasteiger partial charge in [-0.2, -0.15) is 0 Å². The van der Waals surface area contributed by atoms with Crippen molar-refractivity contribution in [1.29, 1.82) is 0 Å². The quantitative estimate of drug-likeness (QED) is 0.535. The van der Waals surface area contributed by atoms with Crippen molar-refractivity contribution in [2.75, 3.05) is 6.61 Å². The molecule has 0 bridgehead atoms. The molecule has 1 saturated heterocycles. The van der Waals surface area contributed by atoms with E-state index < -0.39 is 0 Å². The molecule has 0 spiro atoms. The van der Waals surface area contributed by atoms with E-state index in [1.165, 1.54) is 19.3 Å². The summed E-state index contributed by atoms with van der Waals surface area (Å²) in [6.07, 6.45) is 9.24. The summed E-state index contributed by atoms with van der Waals surface area (Å²) in [7, 11) is 0. The van der Waals surface area contributed by atoms with E-state index in [1.54, 1.807) is 0 Å². The largest absolute Gasteiger partial charge is 0.376 e. The first-order valence-corrected chi connectivity index (χ1v) is 12.9. The maximum atomic E-state index is 13.1. The molecule has 2 aliphatic rings. The Morgan fingerprint density at radius 3 is 2.79 bits per heavy atom. The van der Waals surface area contributed by atoms with Crippen LogP contribution in [0.25, 0.3) is 10.9 Å². The van der Waals surface area contributed by atoms with Gasteiger partial charge < -0.3 is 9.72 Å². The van der Waals surface area contributed by atoms with E-state index in [2.05, 4.69) is 50.5 Å². The summed E-state index contributed by atoms with van der Waals surface area (Å²) in [6, 6.07) is 8.75. The van der Waals surface area contributed by atoms with Crippen molar-refractivity contribution < 1.29 is 4.74 Å². The minimum absolute atomic E-state index is 0.00675. The minimum Gasteiger partial charge on any atom is -0.376 e. The second-order valence-corrected chi connectivity index (χ2v) is 9.96. The Bertz CT molecular complexity index is 1160. The summed E-state index contributed by atoms with van der Waals surface area (Å²) in [5.41, 5.74) is 2.83. The Kier molecular flexibility index (Phi) is 7.06. The van der Waals surface area contributed by atoms with Crippen LogP contribution in [0.5, 0.6) is 0 Å². The van der Waals surface area contributed by atoms with E-state index in [0.717, 1.165) is 66.6 Å². The molecular formula is C26H36N6O2. The van der Waals surface area contributed by atoms with Gasteiger partial charge in [-0.25, -0.2) is 4.68 Å². The minimum atomic E-state index is -0.00675. The first kappa shape index (κ1) is 23.2. The zero-order valence-corrected chi connectivity index (χ0v) is 20.4. The maximum Gasteiger partial charge on any atom is 0.252 e. The molecule has 182 valence electrons. The zero-order valence-electron chi connectivity index (χ0n) is 20.4. The molecular weight excluding hydrogens is 428 g/mol. The number of aromatic nitrogens is 5. The van der Waals surface area contributed by atoms with Gasteiger partial charge in [-0.15, -0.1) is 5.10 Å². The van der Waals surface area contributed by atoms with Crippen LogP contribution in [-0.2, 0) is 17.8 Å². The average molecular weight is 465 g/mol. The van der Waals surface area contributed by atoms with Crippen LogP contribution < -0.4 is 5.56 Å². The van der Waals surface area contributed by atoms with Crippen LogP contribution in [0, 0.1) is 6.92 Å². The Morgan fingerprint density at radius 1 is 1.18 bits per heavy atom. The van der Waals surface area contributed by atoms with Gasteiger partial charge in [0.25, 0.3) is 5.56 Å². The molecule has 1 aliphatic carbocycles. The van der Waals surface area contributed by atoms with Crippen molar-refractivity contribution in [3.63, 3.8) is 0 Å². The van der Waals surface area contributed by atoms with E-state index >= 15 is 0 Å². The molecule has 34 heavy (non-hydrogen) atoms. The first-order chi connectivity index (χ1) is 16.6. The van der Waals surface area contributed by atoms with Crippen LogP contribution in [0.1, 0.15) is 81.3 Å². The van der Waals surface area contributed by atoms with Gasteiger partial charge in [-0.3, -0.25) is 9.69 Å². The molecule has 3 heterocycles. The van der Waals surface area contributed by atoms with Crippen molar-refractivity contribution in [2.24, 2.45) is 0 Å². The summed E-state index contributed by atoms with van der Waals surface area (Å²) >= 11 is 0. The lowest BCUT2D eigenvalue weighted by molar-refractivity contribution is 0.0734. The molecule has 8 nitrogen and oxygen atoms in total. The van der Waals surface area contributed by atoms with Gasteiger partial charge in [0.1, 0.15) is 0 Å². The molecule has 0 unspecified atom stereocenters. The highest BCUT2D eigenvalue weighted by molar-refractivity contribution is 5.79. The number of aromatic amines is 1. The van der Waals surface area contributed by atoms with Crippen molar-refractivity contribution in [2.45, 2.75) is 96.5 Å². The number of benzene rings is 1. The van der Waals surface area contributed by atoms with Gasteiger partial charge in [0.15, 0.2) is 5.82 Å². The predicted molar refractivity (Wildman–Crippen MR) is 132 cm³/mol. The lowest BCUT2D eigenvalue weighted by Gasteiger charge is -2.39. The van der Waals surface area contributed by atoms with Crippen LogP contribution in [-0.4, -0.2) is 48.8 Å². The molecule has 1 saturated carbocycles. The normalized spacial score (nSPS) is 20.4. The molecule has 2 aromatic heterocycles. The summed E-state index contributed by atoms with van der Waals surface area (Å²) in [4.78, 5) is 18.7. The topological polar surface area (TPSA) is 88.9 Å². The standard InChI is InChI=1S/C26H36N6O2/c1-3-24(25-28-29-30-32(25)17-22-10-7-13-34-22)31(21-8-5-4-6-9-21)16-20-15-19-12-11-18(2)14-23(19)27-26(20)33/h11-12,14-15,21-22,24H,3-10,13,16-17H2,1-2H3,(H,27,33)/t22-,24-/m1/s1. The van der Waals surface area contributed by atoms with Crippen molar-refractivity contribution in [3.05, 3.63) is 51.6 Å². The molecule has 0 amide bonds. The number of hydrogen-bond acceptors (Lipinski definition) is 6. The van der Waals surface area contributed by atoms with Gasteiger partial charge in [-0.05, 0) is 72.5 Å². The van der Waals surface area contributed by atoms with Crippen LogP contribution in [0.2, 0.25) is 0 Å². The average Bonchev–Trinajstić information content (AvgIpc) is 3.53. The van der Waals surface area contributed by atoms with Crippen LogP contribution in [0.4, 0.5) is 0 Å². The third-order valence-electron chi connectivity index (χ3n) is 7.52. The summed E-state index contributed by atoms with van der Waals surface area (Å²) in [5, 5.41) is 13.9. The Hall–Kier alpha value is -2.58. The van der Waals surface area contributed by atoms with Crippen LogP contribution in [0.15, 0.2) is 29.1 Å². The Labute approximate surface area is 200 Å². The number of rotatable bonds is 8. The van der Waals surface area contributed by atoms with Crippen molar-refractivity contribution in [1.82, 2.24) is 30.1 Å². The van der Waals surface area contributed by atoms with Gasteiger partial charge in [0.05, 0.1) is 18.7 Å². The highest BCUT2D eigenvalue weighted by Gasteiger charge is 2.32. The number of tetrazole rings is 1. The molecule has 2 fully saturated rings. The van der Waals surface area contributed by atoms with Crippen LogP contribution in [0.3, 0.4) is 0 Å². The third kappa shape index (κ3) is 4.93. The molecule has 2 atom stereocenters. The molecule has 8 heteroatoms. The summed E-state index contributed by atoms with van der Waals surface area (Å²) < 4.78 is 7.79. The molecule has 5 rings (SSSR count). The fourth-order valence-electron chi connectivity index (χ4n) is 5.71. The number of hydrogen-bond donors (Lipinski definition) is 1. The molecule has 1 N–H and O–H groups in total. The fourth-order valence-corrected chi connectivity index (χ4v) is 5.71. The first-order valence-electron chi connectivity index (χ1n) is 12.9. The number of nitrogens with zero attached hydrogens (tertiary/aromatic N) is 5. The number of nitrogens with one attached hydrogen (secondary N) is 1. The van der Waals surface area contributed by atoms with E-state index in [1.807, 2.05) is 17.7 Å². The van der Waals surface area contributed by atoms with Crippen molar-refractivity contribution >= 4 is 10.9 Å². The number of fused-ring (bicyclic) bond motifs is 1. The molecule has 0 radical (unpaired) electrons.